The predicted molar refractivity (Wildman–Crippen MR) is 116 cm³/mol. The van der Waals surface area contributed by atoms with E-state index in [0.717, 1.165) is 55.7 Å². The molecule has 0 bridgehead atoms. The first kappa shape index (κ1) is 20.9. The van der Waals surface area contributed by atoms with E-state index in [0.29, 0.717) is 13.2 Å². The van der Waals surface area contributed by atoms with E-state index >= 15 is 0 Å². The zero-order valence-electron chi connectivity index (χ0n) is 18.2. The number of hydrogen-bond acceptors (Lipinski definition) is 4. The highest BCUT2D eigenvalue weighted by Gasteiger charge is 2.45. The SMILES string of the molecule is CC(=O)N[C@@H]1CCCC[C@]12CN(Cc1c(C)n(C)n(-c3ccccc3)c1=O)CCO2. The van der Waals surface area contributed by atoms with Gasteiger partial charge in [-0.15, -0.1) is 0 Å². The van der Waals surface area contributed by atoms with Gasteiger partial charge in [0.2, 0.25) is 5.91 Å². The molecule has 1 spiro atoms. The average molecular weight is 413 g/mol. The molecule has 2 heterocycles. The number of benzene rings is 1. The first-order chi connectivity index (χ1) is 14.4. The molecular weight excluding hydrogens is 380 g/mol. The molecule has 162 valence electrons. The van der Waals surface area contributed by atoms with Gasteiger partial charge in [-0.05, 0) is 31.9 Å². The van der Waals surface area contributed by atoms with E-state index in [1.54, 1.807) is 11.6 Å². The molecule has 1 N–H and O–H groups in total. The molecular formula is C23H32N4O3. The van der Waals surface area contributed by atoms with E-state index in [9.17, 15) is 9.59 Å². The molecule has 30 heavy (non-hydrogen) atoms. The second-order valence-corrected chi connectivity index (χ2v) is 8.66. The van der Waals surface area contributed by atoms with Gasteiger partial charge in [0, 0.05) is 39.3 Å². The molecule has 0 unspecified atom stereocenters. The summed E-state index contributed by atoms with van der Waals surface area (Å²) in [6.07, 6.45) is 4.10. The largest absolute Gasteiger partial charge is 0.370 e. The molecule has 1 aromatic heterocycles. The van der Waals surface area contributed by atoms with Gasteiger partial charge in [0.1, 0.15) is 5.60 Å². The Kier molecular flexibility index (Phi) is 5.84. The summed E-state index contributed by atoms with van der Waals surface area (Å²) >= 11 is 0. The van der Waals surface area contributed by atoms with Crippen molar-refractivity contribution in [1.82, 2.24) is 19.6 Å². The van der Waals surface area contributed by atoms with Crippen molar-refractivity contribution < 1.29 is 9.53 Å². The third-order valence-corrected chi connectivity index (χ3v) is 6.70. The van der Waals surface area contributed by atoms with Crippen LogP contribution in [0.15, 0.2) is 35.1 Å². The molecule has 2 aliphatic rings. The molecule has 7 heteroatoms. The fourth-order valence-corrected chi connectivity index (χ4v) is 5.07. The Morgan fingerprint density at radius 2 is 2.03 bits per heavy atom. The van der Waals surface area contributed by atoms with Gasteiger partial charge in [0.15, 0.2) is 0 Å². The van der Waals surface area contributed by atoms with Gasteiger partial charge in [-0.2, -0.15) is 0 Å². The Hall–Kier alpha value is -2.38. The van der Waals surface area contributed by atoms with Gasteiger partial charge < -0.3 is 10.1 Å². The number of aromatic nitrogens is 2. The summed E-state index contributed by atoms with van der Waals surface area (Å²) in [5.41, 5.74) is 2.35. The second-order valence-electron chi connectivity index (χ2n) is 8.66. The third kappa shape index (κ3) is 3.84. The topological polar surface area (TPSA) is 68.5 Å². The molecule has 1 saturated heterocycles. The Morgan fingerprint density at radius 3 is 2.77 bits per heavy atom. The molecule has 2 fully saturated rings. The minimum atomic E-state index is -0.358. The number of hydrogen-bond donors (Lipinski definition) is 1. The van der Waals surface area contributed by atoms with E-state index < -0.39 is 0 Å². The van der Waals surface area contributed by atoms with Crippen LogP contribution in [-0.2, 0) is 23.1 Å². The van der Waals surface area contributed by atoms with Crippen molar-refractivity contribution in [3.05, 3.63) is 51.9 Å². The van der Waals surface area contributed by atoms with Crippen molar-refractivity contribution in [3.8, 4) is 5.69 Å². The molecule has 1 aliphatic carbocycles. The fraction of sp³-hybridized carbons (Fsp3) is 0.565. The smallest absolute Gasteiger partial charge is 0.276 e. The fourth-order valence-electron chi connectivity index (χ4n) is 5.07. The zero-order chi connectivity index (χ0) is 21.3. The zero-order valence-corrected chi connectivity index (χ0v) is 18.2. The summed E-state index contributed by atoms with van der Waals surface area (Å²) in [6, 6.07) is 9.78. The number of amides is 1. The van der Waals surface area contributed by atoms with Gasteiger partial charge in [-0.3, -0.25) is 19.2 Å². The maximum atomic E-state index is 13.3. The first-order valence-corrected chi connectivity index (χ1v) is 10.9. The minimum Gasteiger partial charge on any atom is -0.370 e. The number of para-hydroxylation sites is 1. The molecule has 7 nitrogen and oxygen atoms in total. The monoisotopic (exact) mass is 412 g/mol. The molecule has 1 saturated carbocycles. The van der Waals surface area contributed by atoms with Crippen molar-refractivity contribution in [2.75, 3.05) is 19.7 Å². The van der Waals surface area contributed by atoms with Gasteiger partial charge in [-0.25, -0.2) is 4.68 Å². The number of nitrogens with zero attached hydrogens (tertiary/aromatic N) is 3. The molecule has 0 radical (unpaired) electrons. The normalized spacial score (nSPS) is 24.8. The lowest BCUT2D eigenvalue weighted by atomic mass is 9.78. The second kappa shape index (κ2) is 8.40. The number of carbonyl (C=O) groups is 1. The maximum absolute atomic E-state index is 13.3. The van der Waals surface area contributed by atoms with Crippen LogP contribution in [0.2, 0.25) is 0 Å². The molecule has 2 aromatic rings. The molecule has 1 amide bonds. The van der Waals surface area contributed by atoms with Crippen molar-refractivity contribution >= 4 is 5.91 Å². The van der Waals surface area contributed by atoms with Gasteiger partial charge in [0.25, 0.3) is 5.56 Å². The first-order valence-electron chi connectivity index (χ1n) is 10.9. The number of rotatable bonds is 4. The standard InChI is InChI=1S/C23H32N4O3/c1-17-20(22(29)27(25(17)3)19-9-5-4-6-10-19)15-26-13-14-30-23(16-26)12-8-7-11-21(23)24-18(2)28/h4-6,9-10,21H,7-8,11-16H2,1-3H3,(H,24,28)/t21-,23+/m1/s1. The van der Waals surface area contributed by atoms with Crippen LogP contribution in [0.3, 0.4) is 0 Å². The van der Waals surface area contributed by atoms with Crippen LogP contribution < -0.4 is 10.9 Å². The van der Waals surface area contributed by atoms with Crippen LogP contribution in [0, 0.1) is 6.92 Å². The summed E-state index contributed by atoms with van der Waals surface area (Å²) < 4.78 is 9.97. The Morgan fingerprint density at radius 1 is 1.27 bits per heavy atom. The van der Waals surface area contributed by atoms with Crippen molar-refractivity contribution in [2.45, 2.75) is 57.7 Å². The lowest BCUT2D eigenvalue weighted by molar-refractivity contribution is -0.150. The quantitative estimate of drug-likeness (QED) is 0.835. The van der Waals surface area contributed by atoms with Crippen molar-refractivity contribution in [1.29, 1.82) is 0 Å². The predicted octanol–water partition coefficient (Wildman–Crippen LogP) is 2.13. The summed E-state index contributed by atoms with van der Waals surface area (Å²) in [7, 11) is 1.93. The maximum Gasteiger partial charge on any atom is 0.276 e. The number of nitrogens with one attached hydrogen (secondary N) is 1. The van der Waals surface area contributed by atoms with Crippen LogP contribution in [-0.4, -0.2) is 51.5 Å². The highest BCUT2D eigenvalue weighted by Crippen LogP contribution is 2.35. The van der Waals surface area contributed by atoms with E-state index in [4.69, 9.17) is 4.74 Å². The Labute approximate surface area is 177 Å². The minimum absolute atomic E-state index is 0.00773. The summed E-state index contributed by atoms with van der Waals surface area (Å²) in [5.74, 6) is -0.00773. The van der Waals surface area contributed by atoms with E-state index in [1.165, 1.54) is 0 Å². The lowest BCUT2D eigenvalue weighted by Crippen LogP contribution is -2.63. The van der Waals surface area contributed by atoms with Crippen LogP contribution in [0.25, 0.3) is 5.69 Å². The van der Waals surface area contributed by atoms with Gasteiger partial charge in [0.05, 0.1) is 23.9 Å². The Bertz CT molecular complexity index is 961. The van der Waals surface area contributed by atoms with Crippen LogP contribution in [0.1, 0.15) is 43.9 Å². The summed E-state index contributed by atoms with van der Waals surface area (Å²) in [5, 5.41) is 3.12. The summed E-state index contributed by atoms with van der Waals surface area (Å²) in [6.45, 7) is 6.31. The van der Waals surface area contributed by atoms with E-state index in [2.05, 4.69) is 10.2 Å². The van der Waals surface area contributed by atoms with Crippen molar-refractivity contribution in [2.24, 2.45) is 7.05 Å². The molecule has 2 atom stereocenters. The number of carbonyl (C=O) groups excluding carboxylic acids is 1. The third-order valence-electron chi connectivity index (χ3n) is 6.70. The Balaban J connectivity index is 1.59. The van der Waals surface area contributed by atoms with Crippen molar-refractivity contribution in [3.63, 3.8) is 0 Å². The van der Waals surface area contributed by atoms with E-state index in [-0.39, 0.29) is 23.1 Å². The highest BCUT2D eigenvalue weighted by atomic mass is 16.5. The van der Waals surface area contributed by atoms with Gasteiger partial charge in [-0.1, -0.05) is 31.0 Å². The van der Waals surface area contributed by atoms with Crippen LogP contribution in [0.4, 0.5) is 0 Å². The van der Waals surface area contributed by atoms with Gasteiger partial charge >= 0.3 is 0 Å². The number of morpholine rings is 1. The molecule has 1 aliphatic heterocycles. The average Bonchev–Trinajstić information content (AvgIpc) is 2.94. The van der Waals surface area contributed by atoms with Crippen LogP contribution >= 0.6 is 0 Å². The lowest BCUT2D eigenvalue weighted by Gasteiger charge is -2.49. The number of ether oxygens (including phenoxy) is 1. The summed E-state index contributed by atoms with van der Waals surface area (Å²) in [4.78, 5) is 27.4. The van der Waals surface area contributed by atoms with Crippen LogP contribution in [0.5, 0.6) is 0 Å². The highest BCUT2D eigenvalue weighted by molar-refractivity contribution is 5.73. The molecule has 1 aromatic carbocycles. The molecule has 4 rings (SSSR count). The van der Waals surface area contributed by atoms with E-state index in [1.807, 2.05) is 49.0 Å².